The largest absolute Gasteiger partial charge is 0.265 e. The second kappa shape index (κ2) is 4.03. The third-order valence-corrected chi connectivity index (χ3v) is 3.44. The van der Waals surface area contributed by atoms with Crippen molar-refractivity contribution in [3.05, 3.63) is 51.5 Å². The predicted octanol–water partition coefficient (Wildman–Crippen LogP) is 2.54. The lowest BCUT2D eigenvalue weighted by molar-refractivity contribution is 0.385. The third-order valence-electron chi connectivity index (χ3n) is 2.58. The summed E-state index contributed by atoms with van der Waals surface area (Å²) in [6.07, 6.45) is 4.01. The zero-order valence-corrected chi connectivity index (χ0v) is 10.7. The van der Waals surface area contributed by atoms with E-state index >= 15 is 0 Å². The Hall–Kier alpha value is -1.14. The molecule has 0 fully saturated rings. The predicted molar refractivity (Wildman–Crippen MR) is 73.8 cm³/mol. The molecule has 16 heavy (non-hydrogen) atoms. The fraction of sp³-hybridized carbons (Fsp3) is 0.0833. The van der Waals surface area contributed by atoms with Gasteiger partial charge in [0.05, 0.1) is 10.1 Å². The molecule has 0 atom stereocenters. The molecule has 3 rings (SSSR count). The molecule has 2 aliphatic heterocycles. The normalized spacial score (nSPS) is 18.8. The highest BCUT2D eigenvalue weighted by Crippen LogP contribution is 2.27. The molecule has 1 N–H and O–H groups in total. The first-order valence-electron chi connectivity index (χ1n) is 5.07. The minimum absolute atomic E-state index is 0.867. The summed E-state index contributed by atoms with van der Waals surface area (Å²) in [7, 11) is 0. The lowest BCUT2D eigenvalue weighted by Crippen LogP contribution is -2.28. The first kappa shape index (κ1) is 10.0. The maximum Gasteiger partial charge on any atom is 0.157 e. The van der Waals surface area contributed by atoms with Gasteiger partial charge in [-0.1, -0.05) is 30.3 Å². The summed E-state index contributed by atoms with van der Waals surface area (Å²) in [6, 6.07) is 10.3. The second-order valence-electron chi connectivity index (χ2n) is 3.64. The van der Waals surface area contributed by atoms with Crippen LogP contribution in [-0.4, -0.2) is 17.8 Å². The number of benzene rings is 1. The highest BCUT2D eigenvalue weighted by atomic mass is 127. The quantitative estimate of drug-likeness (QED) is 0.805. The summed E-state index contributed by atoms with van der Waals surface area (Å²) in [6.45, 7) is 0.867. The molecule has 1 aromatic rings. The van der Waals surface area contributed by atoms with E-state index in [1.54, 1.807) is 0 Å². The molecule has 3 nitrogen and oxygen atoms in total. The fourth-order valence-corrected chi connectivity index (χ4v) is 2.33. The van der Waals surface area contributed by atoms with Crippen molar-refractivity contribution in [1.82, 2.24) is 10.4 Å². The van der Waals surface area contributed by atoms with Crippen LogP contribution in [0.1, 0.15) is 5.56 Å². The molecule has 0 aromatic heterocycles. The van der Waals surface area contributed by atoms with E-state index in [4.69, 9.17) is 0 Å². The number of allylic oxidation sites excluding steroid dienone is 1. The summed E-state index contributed by atoms with van der Waals surface area (Å²) in [5.41, 5.74) is 5.59. The molecule has 2 aliphatic rings. The molecule has 0 unspecified atom stereocenters. The minimum Gasteiger partial charge on any atom is -0.265 e. The van der Waals surface area contributed by atoms with Gasteiger partial charge in [-0.2, -0.15) is 0 Å². The maximum atomic E-state index is 4.47. The van der Waals surface area contributed by atoms with E-state index in [0.29, 0.717) is 0 Å². The highest BCUT2D eigenvalue weighted by molar-refractivity contribution is 14.1. The lowest BCUT2D eigenvalue weighted by atomic mass is 10.1. The molecule has 0 bridgehead atoms. The Morgan fingerprint density at radius 1 is 1.25 bits per heavy atom. The van der Waals surface area contributed by atoms with Crippen LogP contribution < -0.4 is 5.43 Å². The first-order valence-corrected chi connectivity index (χ1v) is 6.15. The zero-order chi connectivity index (χ0) is 11.0. The molecule has 4 heteroatoms. The first-order chi connectivity index (χ1) is 7.84. The van der Waals surface area contributed by atoms with Gasteiger partial charge >= 0.3 is 0 Å². The Morgan fingerprint density at radius 3 is 2.88 bits per heavy atom. The van der Waals surface area contributed by atoms with Gasteiger partial charge in [0.25, 0.3) is 0 Å². The van der Waals surface area contributed by atoms with Crippen LogP contribution in [0, 0.1) is 0 Å². The number of nitrogens with zero attached hydrogens (tertiary/aromatic N) is 2. The number of hydrazine groups is 1. The van der Waals surface area contributed by atoms with Crippen molar-refractivity contribution in [2.45, 2.75) is 0 Å². The summed E-state index contributed by atoms with van der Waals surface area (Å²) in [5.74, 6) is 1.01. The number of halogens is 1. The number of fused-ring (bicyclic) bond motifs is 1. The molecule has 1 aromatic carbocycles. The Kier molecular flexibility index (Phi) is 2.53. The minimum atomic E-state index is 0.867. The summed E-state index contributed by atoms with van der Waals surface area (Å²) in [5, 5.41) is 1.99. The monoisotopic (exact) mass is 323 g/mol. The van der Waals surface area contributed by atoms with Crippen LogP contribution in [-0.2, 0) is 0 Å². The Labute approximate surface area is 108 Å². The molecule has 0 radical (unpaired) electrons. The van der Waals surface area contributed by atoms with Crippen molar-refractivity contribution in [3.8, 4) is 0 Å². The molecule has 0 aliphatic carbocycles. The van der Waals surface area contributed by atoms with Crippen molar-refractivity contribution >= 4 is 34.4 Å². The molecule has 0 spiro atoms. The van der Waals surface area contributed by atoms with Crippen molar-refractivity contribution in [2.75, 3.05) is 6.54 Å². The van der Waals surface area contributed by atoms with E-state index in [1.165, 1.54) is 9.14 Å². The van der Waals surface area contributed by atoms with E-state index in [9.17, 15) is 0 Å². The second-order valence-corrected chi connectivity index (χ2v) is 4.94. The third kappa shape index (κ3) is 1.68. The molecule has 0 saturated heterocycles. The van der Waals surface area contributed by atoms with Crippen molar-refractivity contribution in [1.29, 1.82) is 0 Å². The van der Waals surface area contributed by atoms with E-state index in [1.807, 2.05) is 29.4 Å². The van der Waals surface area contributed by atoms with Crippen molar-refractivity contribution < 1.29 is 0 Å². The average Bonchev–Trinajstić information content (AvgIpc) is 2.72. The van der Waals surface area contributed by atoms with Gasteiger partial charge in [-0.25, -0.2) is 10.4 Å². The molecule has 0 saturated carbocycles. The van der Waals surface area contributed by atoms with E-state index < -0.39 is 0 Å². The highest BCUT2D eigenvalue weighted by Gasteiger charge is 2.21. The Balaban J connectivity index is 1.97. The van der Waals surface area contributed by atoms with Crippen LogP contribution in [0.5, 0.6) is 0 Å². The molecule has 80 valence electrons. The lowest BCUT2D eigenvalue weighted by Gasteiger charge is -2.19. The summed E-state index contributed by atoms with van der Waals surface area (Å²) >= 11 is 2.32. The van der Waals surface area contributed by atoms with Crippen molar-refractivity contribution in [2.24, 2.45) is 4.99 Å². The SMILES string of the molecule is IC1=C2N=CC(c3ccccc3)=CN2NC1. The van der Waals surface area contributed by atoms with Crippen LogP contribution in [0.3, 0.4) is 0 Å². The van der Waals surface area contributed by atoms with Gasteiger partial charge in [0.2, 0.25) is 0 Å². The molecule has 2 heterocycles. The number of nitrogens with one attached hydrogen (secondary N) is 1. The summed E-state index contributed by atoms with van der Waals surface area (Å²) in [4.78, 5) is 4.47. The maximum absolute atomic E-state index is 4.47. The van der Waals surface area contributed by atoms with Gasteiger partial charge in [-0.05, 0) is 28.2 Å². The van der Waals surface area contributed by atoms with Gasteiger partial charge in [0.1, 0.15) is 0 Å². The van der Waals surface area contributed by atoms with Crippen LogP contribution in [0.2, 0.25) is 0 Å². The number of rotatable bonds is 1. The van der Waals surface area contributed by atoms with Gasteiger partial charge in [0.15, 0.2) is 5.82 Å². The van der Waals surface area contributed by atoms with Crippen molar-refractivity contribution in [3.63, 3.8) is 0 Å². The zero-order valence-electron chi connectivity index (χ0n) is 8.52. The Bertz CT molecular complexity index is 502. The number of aliphatic imine (C=N–C) groups is 1. The van der Waals surface area contributed by atoms with Crippen LogP contribution in [0.25, 0.3) is 5.57 Å². The molecule has 0 amide bonds. The van der Waals surface area contributed by atoms with Gasteiger partial charge in [-0.3, -0.25) is 5.01 Å². The number of hydrogen-bond donors (Lipinski definition) is 1. The number of hydrogen-bond acceptors (Lipinski definition) is 3. The van der Waals surface area contributed by atoms with E-state index in [0.717, 1.165) is 17.9 Å². The van der Waals surface area contributed by atoms with Crippen LogP contribution in [0.4, 0.5) is 0 Å². The topological polar surface area (TPSA) is 27.6 Å². The Morgan fingerprint density at radius 2 is 2.06 bits per heavy atom. The van der Waals surface area contributed by atoms with Gasteiger partial charge < -0.3 is 0 Å². The van der Waals surface area contributed by atoms with Crippen LogP contribution >= 0.6 is 22.6 Å². The van der Waals surface area contributed by atoms with Crippen LogP contribution in [0.15, 0.2) is 50.9 Å². The van der Waals surface area contributed by atoms with E-state index in [-0.39, 0.29) is 0 Å². The fourth-order valence-electron chi connectivity index (χ4n) is 1.76. The smallest absolute Gasteiger partial charge is 0.157 e. The van der Waals surface area contributed by atoms with Gasteiger partial charge in [-0.15, -0.1) is 0 Å². The standard InChI is InChI=1S/C12H10IN3/c13-11-7-15-16-8-10(6-14-12(11)16)9-4-2-1-3-5-9/h1-6,8,15H,7H2. The summed E-state index contributed by atoms with van der Waals surface area (Å²) < 4.78 is 1.25. The van der Waals surface area contributed by atoms with E-state index in [2.05, 4.69) is 51.3 Å². The van der Waals surface area contributed by atoms with Gasteiger partial charge in [0, 0.05) is 18.0 Å². The average molecular weight is 323 g/mol. The molecular weight excluding hydrogens is 313 g/mol. The molecular formula is C12H10IN3.